The first kappa shape index (κ1) is 15.4. The van der Waals surface area contributed by atoms with E-state index in [2.05, 4.69) is 6.92 Å². The summed E-state index contributed by atoms with van der Waals surface area (Å²) in [6.45, 7) is 8.78. The molecule has 0 fully saturated rings. The Balaban J connectivity index is 4.41. The summed E-state index contributed by atoms with van der Waals surface area (Å²) in [5.41, 5.74) is 5.51. The van der Waals surface area contributed by atoms with E-state index in [9.17, 15) is 4.79 Å². The lowest BCUT2D eigenvalue weighted by Crippen LogP contribution is -2.44. The molecule has 0 rings (SSSR count). The van der Waals surface area contributed by atoms with E-state index >= 15 is 0 Å². The van der Waals surface area contributed by atoms with Crippen molar-refractivity contribution in [3.8, 4) is 0 Å². The Labute approximate surface area is 104 Å². The monoisotopic (exact) mass is 244 g/mol. The van der Waals surface area contributed by atoms with Gasteiger partial charge in [0.25, 0.3) is 0 Å². The molecule has 0 aromatic rings. The predicted molar refractivity (Wildman–Crippen MR) is 72.3 cm³/mol. The van der Waals surface area contributed by atoms with Crippen LogP contribution in [-0.2, 0) is 4.79 Å². The van der Waals surface area contributed by atoms with Crippen molar-refractivity contribution in [2.24, 2.45) is 11.7 Å². The second-order valence-electron chi connectivity index (χ2n) is 4.46. The molecule has 94 valence electrons. The summed E-state index contributed by atoms with van der Waals surface area (Å²) >= 11 is 4.87. The normalized spacial score (nSPS) is 12.6. The van der Waals surface area contributed by atoms with Gasteiger partial charge in [0.15, 0.2) is 0 Å². The van der Waals surface area contributed by atoms with Crippen molar-refractivity contribution < 1.29 is 4.79 Å². The Morgan fingerprint density at radius 1 is 1.31 bits per heavy atom. The Morgan fingerprint density at radius 3 is 2.25 bits per heavy atom. The highest BCUT2D eigenvalue weighted by Crippen LogP contribution is 2.09. The summed E-state index contributed by atoms with van der Waals surface area (Å²) in [7, 11) is 0. The molecule has 1 atom stereocenters. The molecule has 16 heavy (non-hydrogen) atoms. The number of amides is 1. The molecule has 1 amide bonds. The molecule has 0 aromatic heterocycles. The average molecular weight is 244 g/mol. The molecule has 1 unspecified atom stereocenters. The second-order valence-corrected chi connectivity index (χ2v) is 4.93. The molecule has 0 radical (unpaired) electrons. The first-order chi connectivity index (χ1) is 7.41. The molecule has 4 heteroatoms. The van der Waals surface area contributed by atoms with Crippen molar-refractivity contribution in [1.82, 2.24) is 4.90 Å². The minimum atomic E-state index is -0.348. The van der Waals surface area contributed by atoms with Crippen molar-refractivity contribution in [3.63, 3.8) is 0 Å². The molecule has 3 nitrogen and oxygen atoms in total. The molecule has 0 aliphatic rings. The number of thiocarbonyl (C=S) groups is 1. The molecule has 0 aliphatic carbocycles. The van der Waals surface area contributed by atoms with Crippen LogP contribution < -0.4 is 5.73 Å². The quantitative estimate of drug-likeness (QED) is 0.552. The van der Waals surface area contributed by atoms with Crippen LogP contribution in [0.5, 0.6) is 0 Å². The summed E-state index contributed by atoms with van der Waals surface area (Å²) in [6.07, 6.45) is 3.35. The van der Waals surface area contributed by atoms with Gasteiger partial charge in [0.2, 0.25) is 5.91 Å². The third-order valence-electron chi connectivity index (χ3n) is 2.71. The minimum Gasteiger partial charge on any atom is -0.393 e. The Kier molecular flexibility index (Phi) is 7.30. The Bertz CT molecular complexity index is 241. The van der Waals surface area contributed by atoms with Gasteiger partial charge < -0.3 is 10.6 Å². The summed E-state index contributed by atoms with van der Waals surface area (Å²) in [6, 6.07) is 0.209. The highest BCUT2D eigenvalue weighted by atomic mass is 32.1. The number of nitrogens with zero attached hydrogens (tertiary/aromatic N) is 1. The van der Waals surface area contributed by atoms with E-state index in [1.807, 2.05) is 18.7 Å². The standard InChI is InChI=1S/C12H24N2OS/c1-5-6-7-8-14(9(2)3)12(15)10(4)11(13)16/h9-10H,5-8H2,1-4H3,(H2,13,16). The largest absolute Gasteiger partial charge is 0.393 e. The van der Waals surface area contributed by atoms with Crippen molar-refractivity contribution in [3.05, 3.63) is 0 Å². The third-order valence-corrected chi connectivity index (χ3v) is 3.06. The van der Waals surface area contributed by atoms with Gasteiger partial charge in [-0.25, -0.2) is 0 Å². The van der Waals surface area contributed by atoms with Crippen LogP contribution >= 0.6 is 12.2 Å². The number of hydrogen-bond donors (Lipinski definition) is 1. The van der Waals surface area contributed by atoms with E-state index in [0.29, 0.717) is 0 Å². The molecule has 2 N–H and O–H groups in total. The third kappa shape index (κ3) is 4.92. The summed E-state index contributed by atoms with van der Waals surface area (Å²) in [4.78, 5) is 14.2. The van der Waals surface area contributed by atoms with Crippen molar-refractivity contribution >= 4 is 23.1 Å². The lowest BCUT2D eigenvalue weighted by atomic mass is 10.1. The predicted octanol–water partition coefficient (Wildman–Crippen LogP) is 2.34. The molecule has 0 heterocycles. The van der Waals surface area contributed by atoms with Gasteiger partial charge in [-0.05, 0) is 27.2 Å². The maximum atomic E-state index is 12.1. The zero-order chi connectivity index (χ0) is 12.7. The van der Waals surface area contributed by atoms with Crippen LogP contribution in [0.3, 0.4) is 0 Å². The van der Waals surface area contributed by atoms with Gasteiger partial charge in [-0.2, -0.15) is 0 Å². The van der Waals surface area contributed by atoms with Gasteiger partial charge in [-0.3, -0.25) is 4.79 Å². The number of rotatable bonds is 7. The lowest BCUT2D eigenvalue weighted by molar-refractivity contribution is -0.134. The Hall–Kier alpha value is -0.640. The fourth-order valence-corrected chi connectivity index (χ4v) is 1.63. The van der Waals surface area contributed by atoms with Gasteiger partial charge in [-0.15, -0.1) is 0 Å². The first-order valence-corrected chi connectivity index (χ1v) is 6.42. The van der Waals surface area contributed by atoms with E-state index in [1.165, 1.54) is 0 Å². The molecule has 0 bridgehead atoms. The highest BCUT2D eigenvalue weighted by molar-refractivity contribution is 7.80. The summed E-state index contributed by atoms with van der Waals surface area (Å²) < 4.78 is 0. The SMILES string of the molecule is CCCCCN(C(=O)C(C)C(N)=S)C(C)C. The molecular weight excluding hydrogens is 220 g/mol. The van der Waals surface area contributed by atoms with E-state index in [4.69, 9.17) is 18.0 Å². The molecule has 0 spiro atoms. The number of hydrogen-bond acceptors (Lipinski definition) is 2. The highest BCUT2D eigenvalue weighted by Gasteiger charge is 2.23. The van der Waals surface area contributed by atoms with Gasteiger partial charge in [0.05, 0.1) is 10.9 Å². The number of unbranched alkanes of at least 4 members (excludes halogenated alkanes) is 2. The Morgan fingerprint density at radius 2 is 1.88 bits per heavy atom. The van der Waals surface area contributed by atoms with Gasteiger partial charge in [-0.1, -0.05) is 32.0 Å². The van der Waals surface area contributed by atoms with E-state index < -0.39 is 0 Å². The van der Waals surface area contributed by atoms with Crippen LogP contribution in [0.4, 0.5) is 0 Å². The van der Waals surface area contributed by atoms with Crippen LogP contribution in [0.25, 0.3) is 0 Å². The first-order valence-electron chi connectivity index (χ1n) is 6.01. The number of nitrogens with two attached hydrogens (primary N) is 1. The van der Waals surface area contributed by atoms with Crippen LogP contribution in [0.2, 0.25) is 0 Å². The van der Waals surface area contributed by atoms with Crippen molar-refractivity contribution in [2.45, 2.75) is 53.0 Å². The zero-order valence-electron chi connectivity index (χ0n) is 10.8. The maximum absolute atomic E-state index is 12.1. The smallest absolute Gasteiger partial charge is 0.232 e. The lowest BCUT2D eigenvalue weighted by Gasteiger charge is -2.29. The maximum Gasteiger partial charge on any atom is 0.232 e. The number of carbonyl (C=O) groups is 1. The number of carbonyl (C=O) groups excluding carboxylic acids is 1. The molecule has 0 saturated carbocycles. The molecular formula is C12H24N2OS. The zero-order valence-corrected chi connectivity index (χ0v) is 11.6. The average Bonchev–Trinajstić information content (AvgIpc) is 2.21. The van der Waals surface area contributed by atoms with Gasteiger partial charge >= 0.3 is 0 Å². The van der Waals surface area contributed by atoms with Crippen LogP contribution in [-0.4, -0.2) is 28.4 Å². The summed E-state index contributed by atoms with van der Waals surface area (Å²) in [5.74, 6) is -0.294. The van der Waals surface area contributed by atoms with Crippen molar-refractivity contribution in [2.75, 3.05) is 6.54 Å². The molecule has 0 saturated heterocycles. The van der Waals surface area contributed by atoms with E-state index in [1.54, 1.807) is 6.92 Å². The van der Waals surface area contributed by atoms with Crippen LogP contribution in [0, 0.1) is 5.92 Å². The fraction of sp³-hybridized carbons (Fsp3) is 0.833. The van der Waals surface area contributed by atoms with Gasteiger partial charge in [0, 0.05) is 12.6 Å². The second kappa shape index (κ2) is 7.60. The van der Waals surface area contributed by atoms with Crippen LogP contribution in [0.1, 0.15) is 47.0 Å². The van der Waals surface area contributed by atoms with Crippen molar-refractivity contribution in [1.29, 1.82) is 0 Å². The van der Waals surface area contributed by atoms with E-state index in [0.717, 1.165) is 25.8 Å². The van der Waals surface area contributed by atoms with E-state index in [-0.39, 0.29) is 22.9 Å². The molecule has 0 aromatic carbocycles. The minimum absolute atomic E-state index is 0.0543. The van der Waals surface area contributed by atoms with Gasteiger partial charge in [0.1, 0.15) is 0 Å². The topological polar surface area (TPSA) is 46.3 Å². The summed E-state index contributed by atoms with van der Waals surface area (Å²) in [5, 5.41) is 0. The fourth-order valence-electron chi connectivity index (χ4n) is 1.53. The van der Waals surface area contributed by atoms with Crippen LogP contribution in [0.15, 0.2) is 0 Å². The molecule has 0 aliphatic heterocycles.